The van der Waals surface area contributed by atoms with Crippen LogP contribution in [0.2, 0.25) is 0 Å². The average Bonchev–Trinajstić information content (AvgIpc) is 2.96. The largest absolute Gasteiger partial charge is 0.326 e. The number of aromatic nitrogens is 3. The van der Waals surface area contributed by atoms with E-state index >= 15 is 0 Å². The summed E-state index contributed by atoms with van der Waals surface area (Å²) in [5, 5.41) is 9.01. The molecule has 0 aliphatic carbocycles. The minimum Gasteiger partial charge on any atom is -0.326 e. The Hall–Kier alpha value is -2.77. The van der Waals surface area contributed by atoms with Crippen LogP contribution in [0.25, 0.3) is 0 Å². The van der Waals surface area contributed by atoms with Gasteiger partial charge >= 0.3 is 0 Å². The molecule has 0 spiro atoms. The van der Waals surface area contributed by atoms with Gasteiger partial charge in [-0.15, -0.1) is 0 Å². The van der Waals surface area contributed by atoms with Crippen LogP contribution in [0.3, 0.4) is 0 Å². The predicted octanol–water partition coefficient (Wildman–Crippen LogP) is 0.939. The lowest BCUT2D eigenvalue weighted by molar-refractivity contribution is -0.123. The number of hydrogen-bond acceptors (Lipinski definition) is 4. The number of hydrogen-bond donors (Lipinski definition) is 2. The first-order valence-electron chi connectivity index (χ1n) is 5.89. The Labute approximate surface area is 112 Å². The number of amides is 2. The van der Waals surface area contributed by atoms with Crippen molar-refractivity contribution in [3.63, 3.8) is 0 Å². The second kappa shape index (κ2) is 4.72. The molecule has 3 rings (SSSR count). The van der Waals surface area contributed by atoms with E-state index in [4.69, 9.17) is 0 Å². The van der Waals surface area contributed by atoms with E-state index in [0.29, 0.717) is 11.6 Å². The number of benzene rings is 1. The molecule has 1 aliphatic heterocycles. The molecule has 0 radical (unpaired) electrons. The van der Waals surface area contributed by atoms with Crippen LogP contribution in [0.4, 0.5) is 16.0 Å². The molecule has 2 heterocycles. The van der Waals surface area contributed by atoms with Crippen molar-refractivity contribution in [1.82, 2.24) is 14.8 Å². The van der Waals surface area contributed by atoms with Crippen LogP contribution in [0.1, 0.15) is 12.5 Å². The van der Waals surface area contributed by atoms with Gasteiger partial charge in [0.15, 0.2) is 0 Å². The molecule has 2 aromatic rings. The highest BCUT2D eigenvalue weighted by Crippen LogP contribution is 2.24. The van der Waals surface area contributed by atoms with E-state index in [0.717, 1.165) is 0 Å². The lowest BCUT2D eigenvalue weighted by Crippen LogP contribution is -2.23. The van der Waals surface area contributed by atoms with Gasteiger partial charge in [-0.1, -0.05) is 0 Å². The SMILES string of the molecule is O=C(C[C@@H]1C(=O)Nc2ncnn21)Nc1ccc(F)cc1. The fourth-order valence-corrected chi connectivity index (χ4v) is 1.97. The summed E-state index contributed by atoms with van der Waals surface area (Å²) in [5.74, 6) is -0.741. The normalized spacial score (nSPS) is 16.6. The Balaban J connectivity index is 1.68. The Morgan fingerprint density at radius 3 is 2.90 bits per heavy atom. The van der Waals surface area contributed by atoms with Crippen molar-refractivity contribution in [2.24, 2.45) is 0 Å². The van der Waals surface area contributed by atoms with E-state index < -0.39 is 6.04 Å². The zero-order valence-corrected chi connectivity index (χ0v) is 10.2. The molecule has 8 heteroatoms. The molecule has 102 valence electrons. The molecule has 1 aromatic heterocycles. The van der Waals surface area contributed by atoms with Crippen LogP contribution in [0, 0.1) is 5.82 Å². The predicted molar refractivity (Wildman–Crippen MR) is 67.3 cm³/mol. The average molecular weight is 275 g/mol. The second-order valence-electron chi connectivity index (χ2n) is 4.29. The van der Waals surface area contributed by atoms with Gasteiger partial charge in [-0.05, 0) is 24.3 Å². The molecule has 0 saturated carbocycles. The maximum atomic E-state index is 12.7. The van der Waals surface area contributed by atoms with Crippen LogP contribution >= 0.6 is 0 Å². The van der Waals surface area contributed by atoms with Crippen molar-refractivity contribution >= 4 is 23.5 Å². The van der Waals surface area contributed by atoms with Crippen molar-refractivity contribution < 1.29 is 14.0 Å². The number of anilines is 2. The standard InChI is InChI=1S/C12H10FN5O2/c13-7-1-3-8(4-2-7)16-10(19)5-9-11(20)17-12-14-6-15-18(9)12/h1-4,6,9H,5H2,(H,16,19)(H,14,15,17,20)/t9-/m1/s1. The van der Waals surface area contributed by atoms with E-state index in [9.17, 15) is 14.0 Å². The summed E-state index contributed by atoms with van der Waals surface area (Å²) in [5.41, 5.74) is 0.466. The lowest BCUT2D eigenvalue weighted by atomic mass is 10.2. The summed E-state index contributed by atoms with van der Waals surface area (Å²) in [7, 11) is 0. The van der Waals surface area contributed by atoms with Crippen LogP contribution in [0.15, 0.2) is 30.6 Å². The van der Waals surface area contributed by atoms with Crippen LogP contribution in [0.5, 0.6) is 0 Å². The molecule has 2 N–H and O–H groups in total. The highest BCUT2D eigenvalue weighted by molar-refractivity contribution is 6.00. The molecule has 0 fully saturated rings. The molecule has 20 heavy (non-hydrogen) atoms. The van der Waals surface area contributed by atoms with Crippen molar-refractivity contribution in [2.75, 3.05) is 10.6 Å². The maximum absolute atomic E-state index is 12.7. The summed E-state index contributed by atoms with van der Waals surface area (Å²) < 4.78 is 14.1. The van der Waals surface area contributed by atoms with E-state index in [1.54, 1.807) is 0 Å². The molecule has 0 unspecified atom stereocenters. The second-order valence-corrected chi connectivity index (χ2v) is 4.29. The summed E-state index contributed by atoms with van der Waals surface area (Å²) in [4.78, 5) is 27.4. The summed E-state index contributed by atoms with van der Waals surface area (Å²) >= 11 is 0. The van der Waals surface area contributed by atoms with E-state index in [1.165, 1.54) is 35.3 Å². The third kappa shape index (κ3) is 2.22. The van der Waals surface area contributed by atoms with Gasteiger partial charge < -0.3 is 5.32 Å². The highest BCUT2D eigenvalue weighted by Gasteiger charge is 2.33. The molecule has 0 saturated heterocycles. The maximum Gasteiger partial charge on any atom is 0.252 e. The molecule has 1 aliphatic rings. The number of fused-ring (bicyclic) bond motifs is 1. The van der Waals surface area contributed by atoms with E-state index in [-0.39, 0.29) is 24.1 Å². The molecular formula is C12H10FN5O2. The zero-order valence-electron chi connectivity index (χ0n) is 10.2. The summed E-state index contributed by atoms with van der Waals surface area (Å²) in [6.45, 7) is 0. The van der Waals surface area contributed by atoms with Crippen molar-refractivity contribution in [2.45, 2.75) is 12.5 Å². The Morgan fingerprint density at radius 2 is 2.15 bits per heavy atom. The summed E-state index contributed by atoms with van der Waals surface area (Å²) in [6, 6.07) is 4.67. The van der Waals surface area contributed by atoms with Gasteiger partial charge in [-0.2, -0.15) is 10.1 Å². The first kappa shape index (κ1) is 12.3. The van der Waals surface area contributed by atoms with Crippen LogP contribution < -0.4 is 10.6 Å². The monoisotopic (exact) mass is 275 g/mol. The van der Waals surface area contributed by atoms with Crippen LogP contribution in [-0.2, 0) is 9.59 Å². The van der Waals surface area contributed by atoms with E-state index in [1.807, 2.05) is 0 Å². The van der Waals surface area contributed by atoms with Gasteiger partial charge in [0.1, 0.15) is 18.2 Å². The number of carbonyl (C=O) groups is 2. The van der Waals surface area contributed by atoms with Crippen molar-refractivity contribution in [3.05, 3.63) is 36.4 Å². The van der Waals surface area contributed by atoms with Gasteiger partial charge in [0.05, 0.1) is 6.42 Å². The van der Waals surface area contributed by atoms with Gasteiger partial charge in [0, 0.05) is 5.69 Å². The number of rotatable bonds is 3. The molecule has 7 nitrogen and oxygen atoms in total. The quantitative estimate of drug-likeness (QED) is 0.872. The van der Waals surface area contributed by atoms with E-state index in [2.05, 4.69) is 20.7 Å². The number of halogens is 1. The third-order valence-electron chi connectivity index (χ3n) is 2.91. The Bertz CT molecular complexity index is 667. The van der Waals surface area contributed by atoms with Gasteiger partial charge in [0.25, 0.3) is 5.91 Å². The molecule has 1 atom stereocenters. The minimum absolute atomic E-state index is 0.0699. The van der Waals surface area contributed by atoms with Crippen LogP contribution in [-0.4, -0.2) is 26.6 Å². The first-order valence-corrected chi connectivity index (χ1v) is 5.89. The van der Waals surface area contributed by atoms with Crippen molar-refractivity contribution in [1.29, 1.82) is 0 Å². The smallest absolute Gasteiger partial charge is 0.252 e. The fraction of sp³-hybridized carbons (Fsp3) is 0.167. The van der Waals surface area contributed by atoms with Gasteiger partial charge in [-0.3, -0.25) is 14.9 Å². The Morgan fingerprint density at radius 1 is 1.40 bits per heavy atom. The number of carbonyl (C=O) groups excluding carboxylic acids is 2. The lowest BCUT2D eigenvalue weighted by Gasteiger charge is -2.09. The minimum atomic E-state index is -0.715. The molecule has 1 aromatic carbocycles. The molecular weight excluding hydrogens is 265 g/mol. The number of nitrogens with zero attached hydrogens (tertiary/aromatic N) is 3. The van der Waals surface area contributed by atoms with Gasteiger partial charge in [0.2, 0.25) is 11.9 Å². The topological polar surface area (TPSA) is 88.9 Å². The molecule has 0 bridgehead atoms. The first-order chi connectivity index (χ1) is 9.63. The highest BCUT2D eigenvalue weighted by atomic mass is 19.1. The van der Waals surface area contributed by atoms with Crippen molar-refractivity contribution in [3.8, 4) is 0 Å². The fourth-order valence-electron chi connectivity index (χ4n) is 1.97. The number of nitrogens with one attached hydrogen (secondary N) is 2. The Kier molecular flexibility index (Phi) is 2.90. The van der Waals surface area contributed by atoms with Gasteiger partial charge in [-0.25, -0.2) is 9.07 Å². The summed E-state index contributed by atoms with van der Waals surface area (Å²) in [6.07, 6.45) is 1.24. The third-order valence-corrected chi connectivity index (χ3v) is 2.91. The molecule has 2 amide bonds. The zero-order chi connectivity index (χ0) is 14.1.